The molecule has 108 valence electrons. The van der Waals surface area contributed by atoms with E-state index >= 15 is 0 Å². The van der Waals surface area contributed by atoms with Crippen molar-refractivity contribution in [2.75, 3.05) is 13.7 Å². The number of halogens is 3. The summed E-state index contributed by atoms with van der Waals surface area (Å²) >= 11 is 0. The van der Waals surface area contributed by atoms with Crippen LogP contribution in [0.1, 0.15) is 33.1 Å². The van der Waals surface area contributed by atoms with Crippen molar-refractivity contribution < 1.29 is 27.4 Å². The Labute approximate surface area is 105 Å². The van der Waals surface area contributed by atoms with E-state index in [1.54, 1.807) is 0 Å². The average Bonchev–Trinajstić information content (AvgIpc) is 2.25. The molecule has 0 amide bonds. The lowest BCUT2D eigenvalue weighted by Crippen LogP contribution is -2.45. The Morgan fingerprint density at radius 1 is 1.33 bits per heavy atom. The second-order valence-corrected chi connectivity index (χ2v) is 4.42. The standard InChI is InChI=1S/C11H20F3NO3/c1-8(11(12,13)14)18-7-5-4-6-10(2,15)9(16)17-3/h8H,4-7,15H2,1-3H3. The average molecular weight is 271 g/mol. The summed E-state index contributed by atoms with van der Waals surface area (Å²) in [6.07, 6.45) is -4.88. The fraction of sp³-hybridized carbons (Fsp3) is 0.909. The van der Waals surface area contributed by atoms with Crippen molar-refractivity contribution in [1.82, 2.24) is 0 Å². The molecule has 7 heteroatoms. The zero-order valence-corrected chi connectivity index (χ0v) is 10.8. The maximum Gasteiger partial charge on any atom is 0.414 e. The van der Waals surface area contributed by atoms with Crippen LogP contribution in [0.3, 0.4) is 0 Å². The Balaban J connectivity index is 3.79. The molecule has 2 N–H and O–H groups in total. The quantitative estimate of drug-likeness (QED) is 0.568. The predicted molar refractivity (Wildman–Crippen MR) is 59.9 cm³/mol. The van der Waals surface area contributed by atoms with Gasteiger partial charge in [0.25, 0.3) is 0 Å². The van der Waals surface area contributed by atoms with Gasteiger partial charge in [-0.05, 0) is 33.1 Å². The minimum Gasteiger partial charge on any atom is -0.468 e. The Hall–Kier alpha value is -0.820. The Morgan fingerprint density at radius 2 is 1.89 bits per heavy atom. The van der Waals surface area contributed by atoms with Crippen LogP contribution in [-0.4, -0.2) is 37.5 Å². The van der Waals surface area contributed by atoms with E-state index in [2.05, 4.69) is 9.47 Å². The van der Waals surface area contributed by atoms with Crippen molar-refractivity contribution in [3.63, 3.8) is 0 Å². The SMILES string of the molecule is COC(=O)C(C)(N)CCCCOC(C)C(F)(F)F. The molecule has 0 heterocycles. The first-order chi connectivity index (χ1) is 8.11. The van der Waals surface area contributed by atoms with Crippen molar-refractivity contribution in [2.45, 2.75) is 50.9 Å². The molecule has 0 saturated heterocycles. The summed E-state index contributed by atoms with van der Waals surface area (Å²) < 4.78 is 45.4. The molecule has 0 aromatic rings. The summed E-state index contributed by atoms with van der Waals surface area (Å²) in [5.74, 6) is -0.535. The van der Waals surface area contributed by atoms with Crippen molar-refractivity contribution in [2.24, 2.45) is 5.73 Å². The molecule has 2 unspecified atom stereocenters. The molecule has 0 spiro atoms. The molecule has 0 saturated carbocycles. The third kappa shape index (κ3) is 6.20. The van der Waals surface area contributed by atoms with E-state index < -0.39 is 23.8 Å². The number of alkyl halides is 3. The zero-order chi connectivity index (χ0) is 14.4. The molecule has 2 atom stereocenters. The number of carbonyl (C=O) groups excluding carboxylic acids is 1. The largest absolute Gasteiger partial charge is 0.468 e. The zero-order valence-electron chi connectivity index (χ0n) is 10.8. The number of ether oxygens (including phenoxy) is 2. The normalized spacial score (nSPS) is 17.1. The molecule has 0 aliphatic rings. The number of unbranched alkanes of at least 4 members (excludes halogenated alkanes) is 1. The third-order valence-corrected chi connectivity index (χ3v) is 2.57. The van der Waals surface area contributed by atoms with E-state index in [4.69, 9.17) is 5.73 Å². The van der Waals surface area contributed by atoms with Gasteiger partial charge in [0.2, 0.25) is 0 Å². The van der Waals surface area contributed by atoms with Crippen LogP contribution in [0.2, 0.25) is 0 Å². The molecule has 0 bridgehead atoms. The monoisotopic (exact) mass is 271 g/mol. The Bertz CT molecular complexity index is 267. The van der Waals surface area contributed by atoms with Gasteiger partial charge in [-0.1, -0.05) is 0 Å². The summed E-state index contributed by atoms with van der Waals surface area (Å²) in [7, 11) is 1.24. The molecule has 0 fully saturated rings. The van der Waals surface area contributed by atoms with E-state index in [0.29, 0.717) is 19.3 Å². The number of carbonyl (C=O) groups is 1. The van der Waals surface area contributed by atoms with Gasteiger partial charge in [0.05, 0.1) is 7.11 Å². The third-order valence-electron chi connectivity index (χ3n) is 2.57. The van der Waals surface area contributed by atoms with Crippen LogP contribution in [0, 0.1) is 0 Å². The van der Waals surface area contributed by atoms with Crippen LogP contribution in [0.5, 0.6) is 0 Å². The molecule has 0 rings (SSSR count). The van der Waals surface area contributed by atoms with Gasteiger partial charge in [-0.2, -0.15) is 13.2 Å². The van der Waals surface area contributed by atoms with Gasteiger partial charge in [0.15, 0.2) is 6.10 Å². The lowest BCUT2D eigenvalue weighted by molar-refractivity contribution is -0.214. The molecule has 0 aliphatic carbocycles. The fourth-order valence-electron chi connectivity index (χ4n) is 1.28. The maximum absolute atomic E-state index is 12.1. The topological polar surface area (TPSA) is 61.5 Å². The van der Waals surface area contributed by atoms with Gasteiger partial charge in [0.1, 0.15) is 5.54 Å². The number of nitrogens with two attached hydrogens (primary N) is 1. The second kappa shape index (κ2) is 6.94. The summed E-state index contributed by atoms with van der Waals surface area (Å²) in [6, 6.07) is 0. The predicted octanol–water partition coefficient (Wildman–Crippen LogP) is 2.01. The number of hydrogen-bond donors (Lipinski definition) is 1. The molecule has 18 heavy (non-hydrogen) atoms. The number of esters is 1. The minimum absolute atomic E-state index is 0.0159. The van der Waals surface area contributed by atoms with Gasteiger partial charge >= 0.3 is 12.1 Å². The summed E-state index contributed by atoms with van der Waals surface area (Å²) in [6.45, 7) is 2.47. The number of rotatable bonds is 7. The molecule has 0 aromatic heterocycles. The second-order valence-electron chi connectivity index (χ2n) is 4.42. The summed E-state index contributed by atoms with van der Waals surface area (Å²) in [5.41, 5.74) is 4.58. The highest BCUT2D eigenvalue weighted by Crippen LogP contribution is 2.22. The van der Waals surface area contributed by atoms with E-state index in [1.165, 1.54) is 14.0 Å². The maximum atomic E-state index is 12.1. The molecular formula is C11H20F3NO3. The van der Waals surface area contributed by atoms with Gasteiger partial charge in [-0.15, -0.1) is 0 Å². The highest BCUT2D eigenvalue weighted by Gasteiger charge is 2.36. The van der Waals surface area contributed by atoms with Crippen LogP contribution in [0.15, 0.2) is 0 Å². The Kier molecular flexibility index (Phi) is 6.62. The molecule has 4 nitrogen and oxygen atoms in total. The Morgan fingerprint density at radius 3 is 2.33 bits per heavy atom. The van der Waals surface area contributed by atoms with Crippen LogP contribution in [0.25, 0.3) is 0 Å². The first-order valence-corrected chi connectivity index (χ1v) is 5.67. The highest BCUT2D eigenvalue weighted by atomic mass is 19.4. The van der Waals surface area contributed by atoms with Gasteiger partial charge in [-0.3, -0.25) is 4.79 Å². The lowest BCUT2D eigenvalue weighted by Gasteiger charge is -2.21. The number of methoxy groups -OCH3 is 1. The van der Waals surface area contributed by atoms with E-state index in [-0.39, 0.29) is 6.61 Å². The number of hydrogen-bond acceptors (Lipinski definition) is 4. The summed E-state index contributed by atoms with van der Waals surface area (Å²) in [4.78, 5) is 11.2. The van der Waals surface area contributed by atoms with E-state index in [1.807, 2.05) is 0 Å². The van der Waals surface area contributed by atoms with Crippen molar-refractivity contribution >= 4 is 5.97 Å². The van der Waals surface area contributed by atoms with Crippen LogP contribution < -0.4 is 5.73 Å². The van der Waals surface area contributed by atoms with Gasteiger partial charge in [0, 0.05) is 6.61 Å². The smallest absolute Gasteiger partial charge is 0.414 e. The van der Waals surface area contributed by atoms with Crippen molar-refractivity contribution in [1.29, 1.82) is 0 Å². The van der Waals surface area contributed by atoms with Crippen molar-refractivity contribution in [3.05, 3.63) is 0 Å². The van der Waals surface area contributed by atoms with Crippen LogP contribution >= 0.6 is 0 Å². The highest BCUT2D eigenvalue weighted by molar-refractivity contribution is 5.79. The molecule has 0 radical (unpaired) electrons. The summed E-state index contributed by atoms with van der Waals surface area (Å²) in [5, 5.41) is 0. The first kappa shape index (κ1) is 17.2. The minimum atomic E-state index is -4.34. The van der Waals surface area contributed by atoms with Gasteiger partial charge in [-0.25, -0.2) is 0 Å². The molecule has 0 aromatic carbocycles. The van der Waals surface area contributed by atoms with E-state index in [0.717, 1.165) is 6.92 Å². The molecular weight excluding hydrogens is 251 g/mol. The van der Waals surface area contributed by atoms with Crippen molar-refractivity contribution in [3.8, 4) is 0 Å². The fourth-order valence-corrected chi connectivity index (χ4v) is 1.28. The van der Waals surface area contributed by atoms with Gasteiger partial charge < -0.3 is 15.2 Å². The van der Waals surface area contributed by atoms with Crippen LogP contribution in [-0.2, 0) is 14.3 Å². The van der Waals surface area contributed by atoms with E-state index in [9.17, 15) is 18.0 Å². The molecule has 0 aliphatic heterocycles. The lowest BCUT2D eigenvalue weighted by atomic mass is 9.96. The van der Waals surface area contributed by atoms with Crippen LogP contribution in [0.4, 0.5) is 13.2 Å². The first-order valence-electron chi connectivity index (χ1n) is 5.67.